The number of rotatable bonds is 2. The van der Waals surface area contributed by atoms with Crippen LogP contribution >= 0.6 is 11.6 Å². The third kappa shape index (κ3) is 3.55. The van der Waals surface area contributed by atoms with Crippen LogP contribution in [0, 0.1) is 16.7 Å². The summed E-state index contributed by atoms with van der Waals surface area (Å²) in [5.41, 5.74) is 1.74. The fraction of sp³-hybridized carbons (Fsp3) is 0.529. The lowest BCUT2D eigenvalue weighted by Crippen LogP contribution is -2.44. The van der Waals surface area contributed by atoms with E-state index in [9.17, 15) is 4.21 Å². The van der Waals surface area contributed by atoms with Gasteiger partial charge in [-0.3, -0.25) is 15.7 Å². The van der Waals surface area contributed by atoms with Gasteiger partial charge >= 0.3 is 0 Å². The van der Waals surface area contributed by atoms with Crippen molar-refractivity contribution in [3.8, 4) is 0 Å². The van der Waals surface area contributed by atoms with E-state index in [0.717, 1.165) is 36.9 Å². The first-order valence-corrected chi connectivity index (χ1v) is 10.2. The molecular formula is C17H23ClN4OS. The average Bonchev–Trinajstić information content (AvgIpc) is 2.70. The molecule has 0 saturated heterocycles. The van der Waals surface area contributed by atoms with Crippen molar-refractivity contribution in [1.29, 1.82) is 10.8 Å². The third-order valence-corrected chi connectivity index (χ3v) is 6.04. The molecule has 1 aromatic rings. The van der Waals surface area contributed by atoms with E-state index in [1.54, 1.807) is 21.5 Å². The molecule has 0 radical (unpaired) electrons. The number of hydrogen-bond acceptors (Lipinski definition) is 3. The van der Waals surface area contributed by atoms with Crippen molar-refractivity contribution in [2.24, 2.45) is 5.92 Å². The van der Waals surface area contributed by atoms with Gasteiger partial charge in [0, 0.05) is 23.7 Å². The van der Waals surface area contributed by atoms with Gasteiger partial charge in [0.05, 0.1) is 23.2 Å². The minimum Gasteiger partial charge on any atom is -0.288 e. The van der Waals surface area contributed by atoms with Crippen LogP contribution in [0.15, 0.2) is 18.2 Å². The van der Waals surface area contributed by atoms with E-state index < -0.39 is 11.0 Å². The van der Waals surface area contributed by atoms with Crippen molar-refractivity contribution in [3.63, 3.8) is 0 Å². The van der Waals surface area contributed by atoms with E-state index in [1.165, 1.54) is 6.42 Å². The summed E-state index contributed by atoms with van der Waals surface area (Å²) in [7, 11) is -1.18. The minimum atomic E-state index is -1.18. The van der Waals surface area contributed by atoms with Gasteiger partial charge in [-0.1, -0.05) is 30.9 Å². The molecular weight excluding hydrogens is 344 g/mol. The number of nitrogens with zero attached hydrogens (tertiary/aromatic N) is 2. The molecule has 7 heteroatoms. The summed E-state index contributed by atoms with van der Waals surface area (Å²) >= 11 is 6.15. The normalized spacial score (nSPS) is 21.2. The Hall–Kier alpha value is -1.24. The predicted octanol–water partition coefficient (Wildman–Crippen LogP) is 3.79. The number of anilines is 1. The third-order valence-electron chi connectivity index (χ3n) is 4.82. The molecule has 1 atom stereocenters. The summed E-state index contributed by atoms with van der Waals surface area (Å²) in [5, 5.41) is 17.9. The highest BCUT2D eigenvalue weighted by atomic mass is 35.5. The molecule has 0 amide bonds. The van der Waals surface area contributed by atoms with Gasteiger partial charge in [0.25, 0.3) is 0 Å². The van der Waals surface area contributed by atoms with Gasteiger partial charge in [-0.25, -0.2) is 8.51 Å². The van der Waals surface area contributed by atoms with Crippen molar-refractivity contribution >= 4 is 39.9 Å². The van der Waals surface area contributed by atoms with E-state index in [4.69, 9.17) is 22.4 Å². The van der Waals surface area contributed by atoms with Crippen molar-refractivity contribution in [3.05, 3.63) is 28.8 Å². The Morgan fingerprint density at radius 2 is 1.96 bits per heavy atom. The van der Waals surface area contributed by atoms with E-state index in [-0.39, 0.29) is 12.5 Å². The largest absolute Gasteiger partial charge is 0.288 e. The quantitative estimate of drug-likeness (QED) is 0.617. The fourth-order valence-corrected chi connectivity index (χ4v) is 4.36. The van der Waals surface area contributed by atoms with Crippen LogP contribution in [0.5, 0.6) is 0 Å². The predicted molar refractivity (Wildman–Crippen MR) is 100 cm³/mol. The molecule has 24 heavy (non-hydrogen) atoms. The van der Waals surface area contributed by atoms with E-state index in [2.05, 4.69) is 0 Å². The second kappa shape index (κ2) is 7.33. The van der Waals surface area contributed by atoms with Gasteiger partial charge in [-0.05, 0) is 36.6 Å². The Morgan fingerprint density at radius 1 is 1.25 bits per heavy atom. The molecule has 2 aliphatic rings. The lowest BCUT2D eigenvalue weighted by Gasteiger charge is -2.32. The monoisotopic (exact) mass is 366 g/mol. The lowest BCUT2D eigenvalue weighted by molar-refractivity contribution is 0.436. The molecule has 0 spiro atoms. The van der Waals surface area contributed by atoms with Gasteiger partial charge in [0.1, 0.15) is 11.7 Å². The molecule has 0 aromatic heterocycles. The summed E-state index contributed by atoms with van der Waals surface area (Å²) in [4.78, 5) is 1.74. The van der Waals surface area contributed by atoms with E-state index in [0.29, 0.717) is 23.2 Å². The van der Waals surface area contributed by atoms with Crippen LogP contribution in [-0.4, -0.2) is 33.0 Å². The smallest absolute Gasteiger partial charge is 0.121 e. The van der Waals surface area contributed by atoms with Crippen LogP contribution in [0.4, 0.5) is 5.69 Å². The number of hydrogen-bond donors (Lipinski definition) is 2. The van der Waals surface area contributed by atoms with E-state index in [1.807, 2.05) is 12.1 Å². The number of halogens is 1. The molecule has 1 heterocycles. The van der Waals surface area contributed by atoms with Gasteiger partial charge in [-0.15, -0.1) is 0 Å². The number of benzene rings is 1. The Kier molecular flexibility index (Phi) is 5.37. The minimum absolute atomic E-state index is 0.196. The maximum atomic E-state index is 12.0. The van der Waals surface area contributed by atoms with Crippen molar-refractivity contribution in [1.82, 2.24) is 4.31 Å². The van der Waals surface area contributed by atoms with Crippen molar-refractivity contribution < 1.29 is 4.21 Å². The van der Waals surface area contributed by atoms with E-state index >= 15 is 0 Å². The van der Waals surface area contributed by atoms with Crippen molar-refractivity contribution in [2.45, 2.75) is 38.6 Å². The average molecular weight is 367 g/mol. The number of fused-ring (bicyclic) bond motifs is 1. The Bertz CT molecular complexity index is 687. The summed E-state index contributed by atoms with van der Waals surface area (Å²) in [6, 6.07) is 5.54. The first-order chi connectivity index (χ1) is 11.5. The molecule has 1 aromatic carbocycles. The summed E-state index contributed by atoms with van der Waals surface area (Å²) in [6.07, 6.45) is 7.17. The highest BCUT2D eigenvalue weighted by molar-refractivity contribution is 7.81. The van der Waals surface area contributed by atoms with Crippen LogP contribution < -0.4 is 4.90 Å². The van der Waals surface area contributed by atoms with Crippen LogP contribution in [0.1, 0.15) is 37.7 Å². The molecule has 3 rings (SSSR count). The number of amidine groups is 2. The summed E-state index contributed by atoms with van der Waals surface area (Å²) in [5.74, 6) is 0.996. The molecule has 5 nitrogen and oxygen atoms in total. The second-order valence-electron chi connectivity index (χ2n) is 6.50. The van der Waals surface area contributed by atoms with Crippen LogP contribution in [0.25, 0.3) is 0 Å². The summed E-state index contributed by atoms with van der Waals surface area (Å²) < 4.78 is 13.7. The van der Waals surface area contributed by atoms with Gasteiger partial charge in [0.15, 0.2) is 0 Å². The standard InChI is InChI=1S/C17H23ClN4OS/c1-24(23)21-10-13-9-14(18)7-8-15(13)22(16(19)11-21)17(20)12-5-3-2-4-6-12/h7-9,12,19-20H,2-6,10-11H2,1H3. The zero-order chi connectivity index (χ0) is 17.3. The zero-order valence-electron chi connectivity index (χ0n) is 13.8. The maximum absolute atomic E-state index is 12.0. The maximum Gasteiger partial charge on any atom is 0.121 e. The Morgan fingerprint density at radius 3 is 2.62 bits per heavy atom. The first kappa shape index (κ1) is 17.6. The molecule has 1 unspecified atom stereocenters. The van der Waals surface area contributed by atoms with Gasteiger partial charge < -0.3 is 0 Å². The molecule has 1 saturated carbocycles. The molecule has 1 fully saturated rings. The Labute approximate surface area is 150 Å². The molecule has 2 N–H and O–H groups in total. The SMILES string of the molecule is CS(=O)N1CC(=N)N(C(=N)C2CCCCC2)c2ccc(Cl)cc2C1. The van der Waals surface area contributed by atoms with Gasteiger partial charge in [0.2, 0.25) is 0 Å². The lowest BCUT2D eigenvalue weighted by atomic mass is 9.87. The molecule has 0 bridgehead atoms. The topological polar surface area (TPSA) is 71.2 Å². The zero-order valence-corrected chi connectivity index (χ0v) is 15.4. The van der Waals surface area contributed by atoms with Crippen LogP contribution in [0.2, 0.25) is 5.02 Å². The van der Waals surface area contributed by atoms with Crippen LogP contribution in [-0.2, 0) is 17.5 Å². The molecule has 130 valence electrons. The Balaban J connectivity index is 2.00. The highest BCUT2D eigenvalue weighted by Gasteiger charge is 2.31. The molecule has 1 aliphatic carbocycles. The number of nitrogens with one attached hydrogen (secondary N) is 2. The first-order valence-electron chi connectivity index (χ1n) is 8.30. The summed E-state index contributed by atoms with van der Waals surface area (Å²) in [6.45, 7) is 0.736. The van der Waals surface area contributed by atoms with Crippen molar-refractivity contribution in [2.75, 3.05) is 17.7 Å². The second-order valence-corrected chi connectivity index (χ2v) is 8.30. The van der Waals surface area contributed by atoms with Crippen LogP contribution in [0.3, 0.4) is 0 Å². The van der Waals surface area contributed by atoms with Gasteiger partial charge in [-0.2, -0.15) is 0 Å². The highest BCUT2D eigenvalue weighted by Crippen LogP contribution is 2.33. The molecule has 1 aliphatic heterocycles. The fourth-order valence-electron chi connectivity index (χ4n) is 3.54.